The minimum atomic E-state index is -0.157. The molecule has 0 bridgehead atoms. The highest BCUT2D eigenvalue weighted by atomic mass is 79.9. The number of hydrogen-bond donors (Lipinski definition) is 2. The van der Waals surface area contributed by atoms with Crippen LogP contribution in [-0.2, 0) is 0 Å². The second-order valence-electron chi connectivity index (χ2n) is 4.79. The first-order valence-corrected chi connectivity index (χ1v) is 7.19. The van der Waals surface area contributed by atoms with E-state index < -0.39 is 0 Å². The minimum Gasteiger partial charge on any atom is -0.459 e. The van der Waals surface area contributed by atoms with Crippen molar-refractivity contribution in [3.05, 3.63) is 69.9 Å². The van der Waals surface area contributed by atoms with Crippen LogP contribution in [0.5, 0.6) is 0 Å². The van der Waals surface area contributed by atoms with Gasteiger partial charge in [-0.2, -0.15) is 0 Å². The summed E-state index contributed by atoms with van der Waals surface area (Å²) >= 11 is 3.48. The minimum absolute atomic E-state index is 0.157. The fourth-order valence-electron chi connectivity index (χ4n) is 2.43. The van der Waals surface area contributed by atoms with Crippen molar-refractivity contribution in [2.75, 3.05) is 0 Å². The lowest BCUT2D eigenvalue weighted by molar-refractivity contribution is 0.476. The molecule has 102 valence electrons. The molecular formula is C16H15BrN2O. The molecule has 0 saturated heterocycles. The number of halogens is 1. The molecule has 1 unspecified atom stereocenters. The maximum absolute atomic E-state index is 5.91. The Labute approximate surface area is 125 Å². The summed E-state index contributed by atoms with van der Waals surface area (Å²) in [5.74, 6) is 6.56. The molecule has 1 atom stereocenters. The summed E-state index contributed by atoms with van der Waals surface area (Å²) in [7, 11) is 0. The van der Waals surface area contributed by atoms with Gasteiger partial charge in [0, 0.05) is 9.86 Å². The first kappa shape index (κ1) is 13.4. The number of hydrogen-bond acceptors (Lipinski definition) is 3. The molecule has 20 heavy (non-hydrogen) atoms. The quantitative estimate of drug-likeness (QED) is 0.562. The van der Waals surface area contributed by atoms with Crippen molar-refractivity contribution in [2.24, 2.45) is 5.84 Å². The lowest BCUT2D eigenvalue weighted by Gasteiger charge is -2.16. The predicted octanol–water partition coefficient (Wildman–Crippen LogP) is 4.06. The Balaban J connectivity index is 2.08. The van der Waals surface area contributed by atoms with Crippen LogP contribution < -0.4 is 11.3 Å². The van der Waals surface area contributed by atoms with Crippen LogP contribution >= 0.6 is 15.9 Å². The number of aryl methyl sites for hydroxylation is 1. The maximum atomic E-state index is 5.91. The number of benzene rings is 2. The summed E-state index contributed by atoms with van der Waals surface area (Å²) in [4.78, 5) is 0. The van der Waals surface area contributed by atoms with E-state index >= 15 is 0 Å². The molecule has 0 aliphatic carbocycles. The molecule has 0 saturated carbocycles. The molecule has 3 aromatic rings. The van der Waals surface area contributed by atoms with Gasteiger partial charge in [0.15, 0.2) is 0 Å². The highest BCUT2D eigenvalue weighted by Crippen LogP contribution is 2.30. The van der Waals surface area contributed by atoms with Gasteiger partial charge < -0.3 is 4.42 Å². The average molecular weight is 331 g/mol. The number of rotatable bonds is 3. The molecule has 1 heterocycles. The Morgan fingerprint density at radius 3 is 2.65 bits per heavy atom. The molecule has 0 aliphatic rings. The molecule has 0 spiro atoms. The zero-order valence-electron chi connectivity index (χ0n) is 11.1. The van der Waals surface area contributed by atoms with E-state index in [1.807, 2.05) is 36.4 Å². The van der Waals surface area contributed by atoms with Crippen LogP contribution in [0.2, 0.25) is 0 Å². The van der Waals surface area contributed by atoms with Crippen LogP contribution in [0.15, 0.2) is 57.4 Å². The Hall–Kier alpha value is -1.62. The fraction of sp³-hybridized carbons (Fsp3) is 0.125. The molecule has 4 heteroatoms. The summed E-state index contributed by atoms with van der Waals surface area (Å²) in [6, 6.07) is 16.0. The van der Waals surface area contributed by atoms with E-state index in [9.17, 15) is 0 Å². The van der Waals surface area contributed by atoms with E-state index in [-0.39, 0.29) is 6.04 Å². The van der Waals surface area contributed by atoms with Crippen LogP contribution in [0.1, 0.15) is 22.9 Å². The molecule has 0 amide bonds. The van der Waals surface area contributed by atoms with Crippen molar-refractivity contribution in [2.45, 2.75) is 13.0 Å². The SMILES string of the molecule is Cc1cc(Br)ccc1C(NN)c1cc2ccccc2o1. The van der Waals surface area contributed by atoms with Crippen LogP contribution in [-0.4, -0.2) is 0 Å². The van der Waals surface area contributed by atoms with E-state index in [4.69, 9.17) is 10.3 Å². The highest BCUT2D eigenvalue weighted by Gasteiger charge is 2.19. The van der Waals surface area contributed by atoms with Gasteiger partial charge in [-0.25, -0.2) is 5.43 Å². The van der Waals surface area contributed by atoms with Gasteiger partial charge in [0.1, 0.15) is 17.4 Å². The van der Waals surface area contributed by atoms with Crippen molar-refractivity contribution in [1.29, 1.82) is 0 Å². The molecule has 0 fully saturated rings. The van der Waals surface area contributed by atoms with E-state index in [0.29, 0.717) is 0 Å². The van der Waals surface area contributed by atoms with Gasteiger partial charge in [0.2, 0.25) is 0 Å². The summed E-state index contributed by atoms with van der Waals surface area (Å²) in [6.07, 6.45) is 0. The van der Waals surface area contributed by atoms with E-state index in [1.54, 1.807) is 0 Å². The number of para-hydroxylation sites is 1. The van der Waals surface area contributed by atoms with Crippen LogP contribution in [0.4, 0.5) is 0 Å². The van der Waals surface area contributed by atoms with Gasteiger partial charge in [0.25, 0.3) is 0 Å². The average Bonchev–Trinajstić information content (AvgIpc) is 2.85. The normalized spacial score (nSPS) is 12.8. The molecule has 2 aromatic carbocycles. The third kappa shape index (κ3) is 2.38. The van der Waals surface area contributed by atoms with Gasteiger partial charge in [0.05, 0.1) is 0 Å². The maximum Gasteiger partial charge on any atom is 0.134 e. The number of furan rings is 1. The van der Waals surface area contributed by atoms with Gasteiger partial charge in [-0.1, -0.05) is 40.2 Å². The molecule has 0 aliphatic heterocycles. The number of nitrogens with two attached hydrogens (primary N) is 1. The first-order chi connectivity index (χ1) is 9.69. The predicted molar refractivity (Wildman–Crippen MR) is 84.3 cm³/mol. The molecule has 3 rings (SSSR count). The summed E-state index contributed by atoms with van der Waals surface area (Å²) in [5.41, 5.74) is 5.98. The van der Waals surface area contributed by atoms with Crippen LogP contribution in [0.3, 0.4) is 0 Å². The molecule has 3 N–H and O–H groups in total. The van der Waals surface area contributed by atoms with Crippen molar-refractivity contribution < 1.29 is 4.42 Å². The number of nitrogens with one attached hydrogen (secondary N) is 1. The van der Waals surface area contributed by atoms with Gasteiger partial charge in [-0.15, -0.1) is 0 Å². The lowest BCUT2D eigenvalue weighted by Crippen LogP contribution is -2.29. The van der Waals surface area contributed by atoms with E-state index in [0.717, 1.165) is 32.3 Å². The van der Waals surface area contributed by atoms with E-state index in [2.05, 4.69) is 40.4 Å². The number of hydrazine groups is 1. The topological polar surface area (TPSA) is 51.2 Å². The Morgan fingerprint density at radius 1 is 1.15 bits per heavy atom. The smallest absolute Gasteiger partial charge is 0.134 e. The zero-order chi connectivity index (χ0) is 14.1. The largest absolute Gasteiger partial charge is 0.459 e. The Morgan fingerprint density at radius 2 is 1.95 bits per heavy atom. The monoisotopic (exact) mass is 330 g/mol. The summed E-state index contributed by atoms with van der Waals surface area (Å²) in [6.45, 7) is 2.06. The number of fused-ring (bicyclic) bond motifs is 1. The van der Waals surface area contributed by atoms with Crippen molar-refractivity contribution >= 4 is 26.9 Å². The van der Waals surface area contributed by atoms with Crippen molar-refractivity contribution in [3.8, 4) is 0 Å². The Bertz CT molecular complexity index is 718. The first-order valence-electron chi connectivity index (χ1n) is 6.39. The van der Waals surface area contributed by atoms with Gasteiger partial charge in [-0.3, -0.25) is 5.84 Å². The molecule has 1 aromatic heterocycles. The van der Waals surface area contributed by atoms with Crippen LogP contribution in [0.25, 0.3) is 11.0 Å². The molecular weight excluding hydrogens is 316 g/mol. The third-order valence-electron chi connectivity index (χ3n) is 3.44. The lowest BCUT2D eigenvalue weighted by atomic mass is 10.00. The van der Waals surface area contributed by atoms with Crippen LogP contribution in [0, 0.1) is 6.92 Å². The highest BCUT2D eigenvalue weighted by molar-refractivity contribution is 9.10. The standard InChI is InChI=1S/C16H15BrN2O/c1-10-8-12(17)6-7-13(10)16(19-18)15-9-11-4-2-3-5-14(11)20-15/h2-9,16,19H,18H2,1H3. The second kappa shape index (κ2) is 5.40. The summed E-state index contributed by atoms with van der Waals surface area (Å²) in [5, 5.41) is 1.08. The van der Waals surface area contributed by atoms with Crippen molar-refractivity contribution in [1.82, 2.24) is 5.43 Å². The fourth-order valence-corrected chi connectivity index (χ4v) is 2.91. The second-order valence-corrected chi connectivity index (χ2v) is 5.70. The summed E-state index contributed by atoms with van der Waals surface area (Å²) < 4.78 is 6.96. The Kier molecular flexibility index (Phi) is 3.61. The third-order valence-corrected chi connectivity index (χ3v) is 3.93. The van der Waals surface area contributed by atoms with Gasteiger partial charge in [-0.05, 0) is 42.3 Å². The zero-order valence-corrected chi connectivity index (χ0v) is 12.6. The van der Waals surface area contributed by atoms with Crippen molar-refractivity contribution in [3.63, 3.8) is 0 Å². The van der Waals surface area contributed by atoms with E-state index in [1.165, 1.54) is 0 Å². The molecule has 0 radical (unpaired) electrons. The van der Waals surface area contributed by atoms with Gasteiger partial charge >= 0.3 is 0 Å². The molecule has 3 nitrogen and oxygen atoms in total.